The summed E-state index contributed by atoms with van der Waals surface area (Å²) in [6, 6.07) is 0. The van der Waals surface area contributed by atoms with Crippen molar-refractivity contribution in [3.05, 3.63) is 0 Å². The minimum atomic E-state index is -0.745. The number of carboxylic acids is 1. The minimum Gasteiger partial charge on any atom is -0.481 e. The summed E-state index contributed by atoms with van der Waals surface area (Å²) >= 11 is 0. The van der Waals surface area contributed by atoms with Crippen LogP contribution in [0.3, 0.4) is 0 Å². The lowest BCUT2D eigenvalue weighted by atomic mass is 9.62. The van der Waals surface area contributed by atoms with Gasteiger partial charge in [0, 0.05) is 6.42 Å². The van der Waals surface area contributed by atoms with Crippen molar-refractivity contribution in [2.45, 2.75) is 73.3 Å². The predicted molar refractivity (Wildman–Crippen MR) is 79.1 cm³/mol. The van der Waals surface area contributed by atoms with E-state index in [-0.39, 0.29) is 17.9 Å². The largest absolute Gasteiger partial charge is 0.481 e. The second-order valence-corrected chi connectivity index (χ2v) is 6.82. The third-order valence-corrected chi connectivity index (χ3v) is 4.82. The number of hydrogen-bond donors (Lipinski definition) is 2. The van der Waals surface area contributed by atoms with E-state index < -0.39 is 5.97 Å². The first-order valence-corrected chi connectivity index (χ1v) is 7.52. The van der Waals surface area contributed by atoms with Crippen molar-refractivity contribution >= 4 is 5.97 Å². The van der Waals surface area contributed by atoms with Crippen LogP contribution in [0.2, 0.25) is 0 Å². The van der Waals surface area contributed by atoms with Gasteiger partial charge in [-0.3, -0.25) is 4.79 Å². The number of aliphatic hydroxyl groups is 1. The van der Waals surface area contributed by atoms with Crippen LogP contribution in [0.1, 0.15) is 67.2 Å². The average molecular weight is 272 g/mol. The van der Waals surface area contributed by atoms with E-state index in [9.17, 15) is 9.90 Å². The molecule has 0 aliphatic heterocycles. The van der Waals surface area contributed by atoms with E-state index in [4.69, 9.17) is 5.11 Å². The summed E-state index contributed by atoms with van der Waals surface area (Å²) in [5, 5.41) is 17.8. The molecule has 19 heavy (non-hydrogen) atoms. The Labute approximate surface area is 118 Å². The molecule has 0 heterocycles. The van der Waals surface area contributed by atoms with Crippen molar-refractivity contribution in [1.29, 1.82) is 0 Å². The zero-order valence-electron chi connectivity index (χ0n) is 13.4. The maximum atomic E-state index is 10.1. The molecule has 0 aromatic heterocycles. The molecule has 3 heteroatoms. The number of rotatable bonds is 3. The van der Waals surface area contributed by atoms with Crippen LogP contribution in [0.15, 0.2) is 0 Å². The van der Waals surface area contributed by atoms with E-state index >= 15 is 0 Å². The lowest BCUT2D eigenvalue weighted by Crippen LogP contribution is -2.41. The van der Waals surface area contributed by atoms with Crippen LogP contribution in [0, 0.1) is 23.2 Å². The Morgan fingerprint density at radius 1 is 1.32 bits per heavy atom. The van der Waals surface area contributed by atoms with Gasteiger partial charge in [-0.1, -0.05) is 41.5 Å². The molecule has 114 valence electrons. The van der Waals surface area contributed by atoms with Crippen molar-refractivity contribution < 1.29 is 15.0 Å². The molecule has 1 aliphatic rings. The molecule has 2 N–H and O–H groups in total. The molecule has 0 spiro atoms. The zero-order valence-corrected chi connectivity index (χ0v) is 13.4. The summed E-state index contributed by atoms with van der Waals surface area (Å²) in [6.07, 6.45) is 3.56. The van der Waals surface area contributed by atoms with Gasteiger partial charge in [-0.05, 0) is 42.4 Å². The van der Waals surface area contributed by atoms with Crippen molar-refractivity contribution in [3.63, 3.8) is 0 Å². The van der Waals surface area contributed by atoms with Crippen LogP contribution in [0.5, 0.6) is 0 Å². The van der Waals surface area contributed by atoms with Gasteiger partial charge >= 0.3 is 5.97 Å². The molecule has 1 aliphatic carbocycles. The maximum Gasteiger partial charge on any atom is 0.303 e. The van der Waals surface area contributed by atoms with Gasteiger partial charge in [-0.25, -0.2) is 0 Å². The van der Waals surface area contributed by atoms with Gasteiger partial charge in [0.15, 0.2) is 0 Å². The van der Waals surface area contributed by atoms with E-state index in [0.29, 0.717) is 11.8 Å². The number of hydrogen-bond acceptors (Lipinski definition) is 2. The SMILES string of the molecule is CC1CCC(O)C(C(C)(C)C(C)C)C1.CCC(=O)O. The third kappa shape index (κ3) is 5.94. The van der Waals surface area contributed by atoms with E-state index in [1.54, 1.807) is 6.92 Å². The summed E-state index contributed by atoms with van der Waals surface area (Å²) < 4.78 is 0. The quantitative estimate of drug-likeness (QED) is 0.818. The molecule has 0 bridgehead atoms. The van der Waals surface area contributed by atoms with Crippen LogP contribution in [0.25, 0.3) is 0 Å². The molecule has 0 amide bonds. The highest BCUT2D eigenvalue weighted by atomic mass is 16.4. The van der Waals surface area contributed by atoms with E-state index in [1.165, 1.54) is 12.8 Å². The standard InChI is InChI=1S/C13H26O.C3H6O2/c1-9(2)13(4,5)11-8-10(3)6-7-12(11)14;1-2-3(4)5/h9-12,14H,6-8H2,1-5H3;2H2,1H3,(H,4,5). The fourth-order valence-electron chi connectivity index (χ4n) is 2.59. The summed E-state index contributed by atoms with van der Waals surface area (Å²) in [6.45, 7) is 13.1. The molecule has 0 radical (unpaired) electrons. The van der Waals surface area contributed by atoms with Crippen molar-refractivity contribution in [1.82, 2.24) is 0 Å². The Hall–Kier alpha value is -0.570. The highest BCUT2D eigenvalue weighted by Crippen LogP contribution is 2.44. The Kier molecular flexibility index (Phi) is 7.65. The fourth-order valence-corrected chi connectivity index (χ4v) is 2.59. The molecule has 3 nitrogen and oxygen atoms in total. The molecule has 0 saturated heterocycles. The van der Waals surface area contributed by atoms with E-state index in [1.807, 2.05) is 0 Å². The van der Waals surface area contributed by atoms with Gasteiger partial charge < -0.3 is 10.2 Å². The summed E-state index contributed by atoms with van der Waals surface area (Å²) in [5.41, 5.74) is 0.272. The monoisotopic (exact) mass is 272 g/mol. The summed E-state index contributed by atoms with van der Waals surface area (Å²) in [4.78, 5) is 9.37. The maximum absolute atomic E-state index is 10.1. The molecular formula is C16H32O3. The van der Waals surface area contributed by atoms with E-state index in [0.717, 1.165) is 12.3 Å². The van der Waals surface area contributed by atoms with Gasteiger partial charge in [-0.2, -0.15) is 0 Å². The van der Waals surface area contributed by atoms with Gasteiger partial charge in [0.1, 0.15) is 0 Å². The van der Waals surface area contributed by atoms with E-state index in [2.05, 4.69) is 34.6 Å². The first-order chi connectivity index (χ1) is 8.62. The fraction of sp³-hybridized carbons (Fsp3) is 0.938. The van der Waals surface area contributed by atoms with Crippen molar-refractivity contribution in [2.75, 3.05) is 0 Å². The molecule has 3 unspecified atom stereocenters. The van der Waals surface area contributed by atoms with Gasteiger partial charge in [0.05, 0.1) is 6.10 Å². The first-order valence-electron chi connectivity index (χ1n) is 7.52. The van der Waals surface area contributed by atoms with Gasteiger partial charge in [0.2, 0.25) is 0 Å². The van der Waals surface area contributed by atoms with Gasteiger partial charge in [-0.15, -0.1) is 0 Å². The molecule has 3 atom stereocenters. The molecule has 1 saturated carbocycles. The Morgan fingerprint density at radius 2 is 1.79 bits per heavy atom. The topological polar surface area (TPSA) is 57.5 Å². The molecule has 1 fully saturated rings. The number of aliphatic carboxylic acids is 1. The summed E-state index contributed by atoms with van der Waals surface area (Å²) in [5.74, 6) is 1.19. The molecule has 0 aromatic rings. The second-order valence-electron chi connectivity index (χ2n) is 6.82. The first kappa shape index (κ1) is 18.4. The number of carboxylic acid groups (broad SMARTS) is 1. The highest BCUT2D eigenvalue weighted by Gasteiger charge is 2.39. The highest BCUT2D eigenvalue weighted by molar-refractivity contribution is 5.66. The minimum absolute atomic E-state index is 0.0661. The van der Waals surface area contributed by atoms with Crippen LogP contribution in [-0.2, 0) is 4.79 Å². The third-order valence-electron chi connectivity index (χ3n) is 4.82. The normalized spacial score (nSPS) is 27.7. The molecule has 1 rings (SSSR count). The van der Waals surface area contributed by atoms with Crippen LogP contribution in [0.4, 0.5) is 0 Å². The molecular weight excluding hydrogens is 240 g/mol. The predicted octanol–water partition coefficient (Wildman–Crippen LogP) is 3.95. The lowest BCUT2D eigenvalue weighted by Gasteiger charge is -2.44. The van der Waals surface area contributed by atoms with Crippen LogP contribution >= 0.6 is 0 Å². The van der Waals surface area contributed by atoms with Gasteiger partial charge in [0.25, 0.3) is 0 Å². The van der Waals surface area contributed by atoms with Crippen LogP contribution < -0.4 is 0 Å². The van der Waals surface area contributed by atoms with Crippen molar-refractivity contribution in [2.24, 2.45) is 23.2 Å². The lowest BCUT2D eigenvalue weighted by molar-refractivity contribution is -0.136. The smallest absolute Gasteiger partial charge is 0.303 e. The Morgan fingerprint density at radius 3 is 2.16 bits per heavy atom. The average Bonchev–Trinajstić information content (AvgIpc) is 2.32. The summed E-state index contributed by atoms with van der Waals surface area (Å²) in [7, 11) is 0. The Bertz CT molecular complexity index is 271. The second kappa shape index (κ2) is 7.88. The number of carbonyl (C=O) groups is 1. The van der Waals surface area contributed by atoms with Crippen LogP contribution in [-0.4, -0.2) is 22.3 Å². The Balaban J connectivity index is 0.000000555. The zero-order chi connectivity index (χ0) is 15.2. The number of aliphatic hydroxyl groups excluding tert-OH is 1. The molecule has 0 aromatic carbocycles. The van der Waals surface area contributed by atoms with Crippen molar-refractivity contribution in [3.8, 4) is 0 Å².